The van der Waals surface area contributed by atoms with Gasteiger partial charge in [0, 0.05) is 12.8 Å². The molecule has 0 aromatic rings. The third-order valence-electron chi connectivity index (χ3n) is 9.83. The third-order valence-corrected chi connectivity index (χ3v) is 9.83. The minimum Gasteiger partial charge on any atom is -0.481 e. The highest BCUT2D eigenvalue weighted by molar-refractivity contribution is 5.69. The summed E-state index contributed by atoms with van der Waals surface area (Å²) in [5, 5.41) is 8.70. The number of hydrogen-bond acceptors (Lipinski definition) is 3. The third kappa shape index (κ3) is 37.4. The number of esters is 1. The number of aliphatic carboxylic acids is 1. The van der Waals surface area contributed by atoms with E-state index in [2.05, 4.69) is 13.8 Å². The second-order valence-corrected chi connectivity index (χ2v) is 14.5. The van der Waals surface area contributed by atoms with Crippen LogP contribution in [0.1, 0.15) is 251 Å². The van der Waals surface area contributed by atoms with Crippen molar-refractivity contribution in [2.75, 3.05) is 0 Å². The molecule has 0 spiro atoms. The minimum atomic E-state index is -0.676. The zero-order valence-electron chi connectivity index (χ0n) is 31.4. The zero-order chi connectivity index (χ0) is 33.6. The lowest BCUT2D eigenvalue weighted by molar-refractivity contribution is -0.150. The van der Waals surface area contributed by atoms with E-state index in [0.717, 1.165) is 57.8 Å². The fourth-order valence-electron chi connectivity index (χ4n) is 6.72. The largest absolute Gasteiger partial charge is 0.481 e. The van der Waals surface area contributed by atoms with E-state index >= 15 is 0 Å². The fourth-order valence-corrected chi connectivity index (χ4v) is 6.72. The molecule has 0 aromatic carbocycles. The van der Waals surface area contributed by atoms with Gasteiger partial charge in [-0.05, 0) is 38.5 Å². The highest BCUT2D eigenvalue weighted by atomic mass is 16.5. The van der Waals surface area contributed by atoms with Crippen molar-refractivity contribution >= 4 is 11.9 Å². The van der Waals surface area contributed by atoms with Gasteiger partial charge in [-0.3, -0.25) is 9.59 Å². The van der Waals surface area contributed by atoms with Crippen molar-refractivity contribution in [1.82, 2.24) is 0 Å². The Bertz CT molecular complexity index is 619. The summed E-state index contributed by atoms with van der Waals surface area (Å²) < 4.78 is 5.96. The Labute approximate surface area is 288 Å². The normalized spacial score (nSPS) is 12.0. The van der Waals surface area contributed by atoms with Crippen LogP contribution < -0.4 is 0 Å². The summed E-state index contributed by atoms with van der Waals surface area (Å²) in [5.74, 6) is -0.646. The Morgan fingerprint density at radius 1 is 0.391 bits per heavy atom. The van der Waals surface area contributed by atoms with E-state index in [1.54, 1.807) is 0 Å². The Balaban J connectivity index is 3.59. The molecule has 0 saturated carbocycles. The molecule has 0 aliphatic heterocycles. The number of ether oxygens (including phenoxy) is 1. The second kappa shape index (κ2) is 38.4. The van der Waals surface area contributed by atoms with E-state index in [-0.39, 0.29) is 12.1 Å². The van der Waals surface area contributed by atoms with Gasteiger partial charge in [0.2, 0.25) is 0 Å². The highest BCUT2D eigenvalue weighted by Gasteiger charge is 2.14. The summed E-state index contributed by atoms with van der Waals surface area (Å²) in [5.41, 5.74) is 0. The summed E-state index contributed by atoms with van der Waals surface area (Å²) in [6.45, 7) is 4.52. The monoisotopic (exact) mass is 651 g/mol. The molecule has 1 atom stereocenters. The van der Waals surface area contributed by atoms with Gasteiger partial charge in [0.1, 0.15) is 6.10 Å². The molecule has 274 valence electrons. The molecule has 4 heteroatoms. The number of hydrogen-bond donors (Lipinski definition) is 1. The highest BCUT2D eigenvalue weighted by Crippen LogP contribution is 2.19. The van der Waals surface area contributed by atoms with Crippen LogP contribution in [0.4, 0.5) is 0 Å². The SMILES string of the molecule is CCCCCCCCCCCCCCCCCCCCCCCC(=O)OC(CCCCC)CCCCCCCCCCCC(=O)O. The molecule has 1 unspecified atom stereocenters. The van der Waals surface area contributed by atoms with Gasteiger partial charge >= 0.3 is 11.9 Å². The molecule has 0 radical (unpaired) electrons. The summed E-state index contributed by atoms with van der Waals surface area (Å²) >= 11 is 0. The van der Waals surface area contributed by atoms with Gasteiger partial charge in [0.25, 0.3) is 0 Å². The summed E-state index contributed by atoms with van der Waals surface area (Å²) in [4.78, 5) is 23.1. The molecule has 0 amide bonds. The Kier molecular flexibility index (Phi) is 37.5. The lowest BCUT2D eigenvalue weighted by atomic mass is 10.0. The van der Waals surface area contributed by atoms with E-state index in [0.29, 0.717) is 12.8 Å². The van der Waals surface area contributed by atoms with Gasteiger partial charge < -0.3 is 9.84 Å². The number of carbonyl (C=O) groups excluding carboxylic acids is 1. The summed E-state index contributed by atoms with van der Waals surface area (Å²) in [6.07, 6.45) is 46.0. The number of carbonyl (C=O) groups is 2. The first kappa shape index (κ1) is 44.9. The van der Waals surface area contributed by atoms with E-state index in [9.17, 15) is 9.59 Å². The maximum absolute atomic E-state index is 12.6. The van der Waals surface area contributed by atoms with Gasteiger partial charge in [0.15, 0.2) is 0 Å². The first-order valence-corrected chi connectivity index (χ1v) is 21.0. The van der Waals surface area contributed by atoms with Crippen molar-refractivity contribution in [2.45, 2.75) is 258 Å². The van der Waals surface area contributed by atoms with Crippen molar-refractivity contribution in [3.8, 4) is 0 Å². The van der Waals surface area contributed by atoms with E-state index < -0.39 is 5.97 Å². The standard InChI is InChI=1S/C42H82O4/c1-3-5-7-8-9-10-11-12-13-14-15-16-17-18-19-20-21-25-28-31-35-39-42(45)46-40(36-32-6-4-2)37-33-29-26-23-22-24-27-30-34-38-41(43)44/h40H,3-39H2,1-2H3,(H,43,44). The van der Waals surface area contributed by atoms with Crippen molar-refractivity contribution in [2.24, 2.45) is 0 Å². The van der Waals surface area contributed by atoms with Crippen LogP contribution in [-0.2, 0) is 14.3 Å². The molecule has 0 fully saturated rings. The van der Waals surface area contributed by atoms with E-state index in [4.69, 9.17) is 9.84 Å². The molecule has 0 saturated heterocycles. The number of carboxylic acid groups (broad SMARTS) is 1. The first-order chi connectivity index (χ1) is 22.6. The molecular formula is C42H82O4. The van der Waals surface area contributed by atoms with Gasteiger partial charge in [-0.25, -0.2) is 0 Å². The Morgan fingerprint density at radius 3 is 1.00 bits per heavy atom. The number of rotatable bonds is 39. The van der Waals surface area contributed by atoms with Gasteiger partial charge in [0.05, 0.1) is 0 Å². The maximum Gasteiger partial charge on any atom is 0.306 e. The maximum atomic E-state index is 12.6. The van der Waals surface area contributed by atoms with Crippen molar-refractivity contribution in [1.29, 1.82) is 0 Å². The van der Waals surface area contributed by atoms with Crippen LogP contribution in [0.2, 0.25) is 0 Å². The molecule has 0 bridgehead atoms. The first-order valence-electron chi connectivity index (χ1n) is 21.0. The summed E-state index contributed by atoms with van der Waals surface area (Å²) in [7, 11) is 0. The van der Waals surface area contributed by atoms with Crippen LogP contribution in [0.15, 0.2) is 0 Å². The minimum absolute atomic E-state index is 0.0298. The average molecular weight is 651 g/mol. The quantitative estimate of drug-likeness (QED) is 0.0531. The molecular weight excluding hydrogens is 568 g/mol. The molecule has 46 heavy (non-hydrogen) atoms. The fraction of sp³-hybridized carbons (Fsp3) is 0.952. The molecule has 4 nitrogen and oxygen atoms in total. The topological polar surface area (TPSA) is 63.6 Å². The van der Waals surface area contributed by atoms with Crippen LogP contribution in [-0.4, -0.2) is 23.1 Å². The van der Waals surface area contributed by atoms with Crippen LogP contribution >= 0.6 is 0 Å². The second-order valence-electron chi connectivity index (χ2n) is 14.5. The summed E-state index contributed by atoms with van der Waals surface area (Å²) in [6, 6.07) is 0. The lowest BCUT2D eigenvalue weighted by Gasteiger charge is -2.18. The van der Waals surface area contributed by atoms with Gasteiger partial charge in [-0.15, -0.1) is 0 Å². The van der Waals surface area contributed by atoms with Crippen molar-refractivity contribution in [3.63, 3.8) is 0 Å². The molecule has 0 aromatic heterocycles. The van der Waals surface area contributed by atoms with Crippen molar-refractivity contribution < 1.29 is 19.4 Å². The molecule has 0 aliphatic carbocycles. The van der Waals surface area contributed by atoms with Crippen LogP contribution in [0.5, 0.6) is 0 Å². The predicted molar refractivity (Wildman–Crippen MR) is 200 cm³/mol. The van der Waals surface area contributed by atoms with E-state index in [1.165, 1.54) is 167 Å². The number of unbranched alkanes of at least 4 members (excludes halogenated alkanes) is 30. The number of carboxylic acids is 1. The smallest absolute Gasteiger partial charge is 0.306 e. The average Bonchev–Trinajstić information content (AvgIpc) is 3.04. The van der Waals surface area contributed by atoms with E-state index in [1.807, 2.05) is 0 Å². The molecule has 0 heterocycles. The Morgan fingerprint density at radius 2 is 0.652 bits per heavy atom. The van der Waals surface area contributed by atoms with Gasteiger partial charge in [-0.2, -0.15) is 0 Å². The molecule has 1 N–H and O–H groups in total. The molecule has 0 rings (SSSR count). The zero-order valence-corrected chi connectivity index (χ0v) is 31.4. The lowest BCUT2D eigenvalue weighted by Crippen LogP contribution is -2.18. The van der Waals surface area contributed by atoms with Crippen LogP contribution in [0, 0.1) is 0 Å². The van der Waals surface area contributed by atoms with Crippen LogP contribution in [0.25, 0.3) is 0 Å². The van der Waals surface area contributed by atoms with Crippen molar-refractivity contribution in [3.05, 3.63) is 0 Å². The van der Waals surface area contributed by atoms with Gasteiger partial charge in [-0.1, -0.05) is 200 Å². The Hall–Kier alpha value is -1.06. The van der Waals surface area contributed by atoms with Crippen LogP contribution in [0.3, 0.4) is 0 Å². The predicted octanol–water partition coefficient (Wildman–Crippen LogP) is 14.5. The molecule has 0 aliphatic rings.